The minimum Gasteiger partial charge on any atom is -0.453 e. The molecule has 0 spiro atoms. The predicted octanol–water partition coefficient (Wildman–Crippen LogP) is 4.75. The Morgan fingerprint density at radius 2 is 1.82 bits per heavy atom. The number of anilines is 1. The summed E-state index contributed by atoms with van der Waals surface area (Å²) >= 11 is 9.29. The van der Waals surface area contributed by atoms with Gasteiger partial charge in [-0.1, -0.05) is 39.7 Å². The van der Waals surface area contributed by atoms with Crippen LogP contribution in [-0.4, -0.2) is 12.0 Å². The van der Waals surface area contributed by atoms with Gasteiger partial charge in [0.1, 0.15) is 11.6 Å². The summed E-state index contributed by atoms with van der Waals surface area (Å²) in [6.07, 6.45) is 0.579. The van der Waals surface area contributed by atoms with E-state index in [4.69, 9.17) is 16.3 Å². The largest absolute Gasteiger partial charge is 0.453 e. The molecule has 0 aliphatic carbocycles. The van der Waals surface area contributed by atoms with Crippen molar-refractivity contribution < 1.29 is 9.53 Å². The van der Waals surface area contributed by atoms with E-state index in [2.05, 4.69) is 21.2 Å². The molecule has 1 fully saturated rings. The Kier molecular flexibility index (Phi) is 4.15. The van der Waals surface area contributed by atoms with E-state index in [-0.39, 0.29) is 12.0 Å². The fraction of sp³-hybridized carbons (Fsp3) is 0.235. The van der Waals surface area contributed by atoms with Gasteiger partial charge in [-0.05, 0) is 48.9 Å². The van der Waals surface area contributed by atoms with Crippen molar-refractivity contribution in [1.82, 2.24) is 0 Å². The van der Waals surface area contributed by atoms with Crippen LogP contribution in [0.5, 0.6) is 0 Å². The zero-order chi connectivity index (χ0) is 15.7. The van der Waals surface area contributed by atoms with Gasteiger partial charge in [0.25, 0.3) is 0 Å². The van der Waals surface area contributed by atoms with Gasteiger partial charge in [-0.25, -0.2) is 4.79 Å². The molecular weight excluding hydrogens is 366 g/mol. The molecule has 0 aromatic heterocycles. The smallest absolute Gasteiger partial charge is 0.329 e. The average molecular weight is 381 g/mol. The molecule has 114 valence electrons. The van der Waals surface area contributed by atoms with Gasteiger partial charge in [0.15, 0.2) is 0 Å². The van der Waals surface area contributed by atoms with E-state index in [1.165, 1.54) is 0 Å². The number of benzene rings is 2. The first-order valence-corrected chi connectivity index (χ1v) is 8.14. The number of halogens is 2. The number of carbonyl (C=O) groups is 1. The first-order chi connectivity index (χ1) is 10.5. The SMILES string of the molecule is CC1(c2ccc(Br)cc2)CC(Nc2ccc(Cl)cc2)C(=O)O1. The summed E-state index contributed by atoms with van der Waals surface area (Å²) in [7, 11) is 0. The van der Waals surface area contributed by atoms with Crippen molar-refractivity contribution >= 4 is 39.2 Å². The molecule has 5 heteroatoms. The summed E-state index contributed by atoms with van der Waals surface area (Å²) in [6.45, 7) is 1.94. The van der Waals surface area contributed by atoms with E-state index in [0.29, 0.717) is 11.4 Å². The molecule has 1 aliphatic rings. The molecule has 2 aromatic carbocycles. The van der Waals surface area contributed by atoms with Gasteiger partial charge < -0.3 is 10.1 Å². The summed E-state index contributed by atoms with van der Waals surface area (Å²) < 4.78 is 6.64. The van der Waals surface area contributed by atoms with Gasteiger partial charge in [-0.2, -0.15) is 0 Å². The Hall–Kier alpha value is -1.52. The first-order valence-electron chi connectivity index (χ1n) is 6.97. The Morgan fingerprint density at radius 1 is 1.18 bits per heavy atom. The van der Waals surface area contributed by atoms with Crippen molar-refractivity contribution in [1.29, 1.82) is 0 Å². The van der Waals surface area contributed by atoms with Crippen molar-refractivity contribution in [2.45, 2.75) is 25.0 Å². The molecule has 0 bridgehead atoms. The van der Waals surface area contributed by atoms with Crippen molar-refractivity contribution in [3.05, 3.63) is 63.6 Å². The van der Waals surface area contributed by atoms with Crippen LogP contribution < -0.4 is 5.32 Å². The maximum Gasteiger partial charge on any atom is 0.329 e. The third-order valence-corrected chi connectivity index (χ3v) is 4.62. The Labute approximate surface area is 142 Å². The molecule has 2 aromatic rings. The van der Waals surface area contributed by atoms with E-state index < -0.39 is 5.60 Å². The molecule has 2 unspecified atom stereocenters. The third kappa shape index (κ3) is 3.13. The number of hydrogen-bond donors (Lipinski definition) is 1. The number of carbonyl (C=O) groups excluding carboxylic acids is 1. The Bertz CT molecular complexity index is 687. The van der Waals surface area contributed by atoms with Gasteiger partial charge in [0, 0.05) is 21.6 Å². The van der Waals surface area contributed by atoms with Crippen LogP contribution in [-0.2, 0) is 15.1 Å². The lowest BCUT2D eigenvalue weighted by Gasteiger charge is -2.23. The van der Waals surface area contributed by atoms with Crippen LogP contribution in [0.25, 0.3) is 0 Å². The summed E-state index contributed by atoms with van der Waals surface area (Å²) in [4.78, 5) is 12.2. The van der Waals surface area contributed by atoms with Crippen LogP contribution in [0.1, 0.15) is 18.9 Å². The summed E-state index contributed by atoms with van der Waals surface area (Å²) in [5, 5.41) is 3.88. The lowest BCUT2D eigenvalue weighted by molar-refractivity contribution is -0.148. The molecule has 0 radical (unpaired) electrons. The van der Waals surface area contributed by atoms with Crippen LogP contribution in [0.3, 0.4) is 0 Å². The molecule has 22 heavy (non-hydrogen) atoms. The second-order valence-corrected chi connectivity index (χ2v) is 6.92. The number of esters is 1. The Balaban J connectivity index is 1.77. The van der Waals surface area contributed by atoms with Gasteiger partial charge in [-0.15, -0.1) is 0 Å². The van der Waals surface area contributed by atoms with Crippen LogP contribution in [0.15, 0.2) is 53.0 Å². The van der Waals surface area contributed by atoms with Crippen LogP contribution in [0.2, 0.25) is 5.02 Å². The first kappa shape index (κ1) is 15.4. The molecular formula is C17H15BrClNO2. The zero-order valence-electron chi connectivity index (χ0n) is 12.0. The standard InChI is InChI=1S/C17H15BrClNO2/c1-17(11-2-4-12(18)5-3-11)10-15(16(21)22-17)20-14-8-6-13(19)7-9-14/h2-9,15,20H,10H2,1H3. The monoisotopic (exact) mass is 379 g/mol. The second kappa shape index (κ2) is 5.94. The van der Waals surface area contributed by atoms with E-state index in [9.17, 15) is 4.79 Å². The number of hydrogen-bond acceptors (Lipinski definition) is 3. The summed E-state index contributed by atoms with van der Waals surface area (Å²) in [6, 6.07) is 14.8. The van der Waals surface area contributed by atoms with Gasteiger partial charge in [-0.3, -0.25) is 0 Å². The minimum atomic E-state index is -0.609. The average Bonchev–Trinajstić information content (AvgIpc) is 2.77. The number of cyclic esters (lactones) is 1. The Morgan fingerprint density at radius 3 is 2.45 bits per heavy atom. The van der Waals surface area contributed by atoms with Crippen LogP contribution >= 0.6 is 27.5 Å². The maximum absolute atomic E-state index is 12.2. The topological polar surface area (TPSA) is 38.3 Å². The molecule has 3 rings (SSSR count). The number of rotatable bonds is 3. The van der Waals surface area contributed by atoms with Crippen molar-refractivity contribution in [3.8, 4) is 0 Å². The second-order valence-electron chi connectivity index (χ2n) is 5.57. The van der Waals surface area contributed by atoms with E-state index in [0.717, 1.165) is 15.7 Å². The van der Waals surface area contributed by atoms with Gasteiger partial charge in [0.05, 0.1) is 0 Å². The molecule has 1 heterocycles. The van der Waals surface area contributed by atoms with Gasteiger partial charge in [0.2, 0.25) is 0 Å². The molecule has 1 saturated heterocycles. The fourth-order valence-corrected chi connectivity index (χ4v) is 3.03. The lowest BCUT2D eigenvalue weighted by atomic mass is 9.91. The zero-order valence-corrected chi connectivity index (χ0v) is 14.3. The summed E-state index contributed by atoms with van der Waals surface area (Å²) in [5.74, 6) is -0.236. The fourth-order valence-electron chi connectivity index (χ4n) is 2.64. The summed E-state index contributed by atoms with van der Waals surface area (Å²) in [5.41, 5.74) is 1.23. The van der Waals surface area contributed by atoms with Gasteiger partial charge >= 0.3 is 5.97 Å². The molecule has 0 saturated carbocycles. The highest BCUT2D eigenvalue weighted by Gasteiger charge is 2.44. The number of ether oxygens (including phenoxy) is 1. The molecule has 0 amide bonds. The lowest BCUT2D eigenvalue weighted by Crippen LogP contribution is -2.25. The quantitative estimate of drug-likeness (QED) is 0.781. The molecule has 3 nitrogen and oxygen atoms in total. The van der Waals surface area contributed by atoms with E-state index >= 15 is 0 Å². The highest BCUT2D eigenvalue weighted by molar-refractivity contribution is 9.10. The van der Waals surface area contributed by atoms with Crippen molar-refractivity contribution in [2.24, 2.45) is 0 Å². The third-order valence-electron chi connectivity index (χ3n) is 3.84. The molecule has 1 aliphatic heterocycles. The predicted molar refractivity (Wildman–Crippen MR) is 91.1 cm³/mol. The van der Waals surface area contributed by atoms with Crippen LogP contribution in [0.4, 0.5) is 5.69 Å². The maximum atomic E-state index is 12.2. The van der Waals surface area contributed by atoms with E-state index in [1.54, 1.807) is 12.1 Å². The molecule has 1 N–H and O–H groups in total. The normalized spacial score (nSPS) is 24.1. The molecule has 2 atom stereocenters. The highest BCUT2D eigenvalue weighted by Crippen LogP contribution is 2.38. The number of nitrogens with one attached hydrogen (secondary N) is 1. The van der Waals surface area contributed by atoms with E-state index in [1.807, 2.05) is 43.3 Å². The highest BCUT2D eigenvalue weighted by atomic mass is 79.9. The van der Waals surface area contributed by atoms with Crippen LogP contribution in [0, 0.1) is 0 Å². The van der Waals surface area contributed by atoms with Crippen molar-refractivity contribution in [3.63, 3.8) is 0 Å². The minimum absolute atomic E-state index is 0.236. The van der Waals surface area contributed by atoms with Crippen molar-refractivity contribution in [2.75, 3.05) is 5.32 Å².